The predicted octanol–water partition coefficient (Wildman–Crippen LogP) is 3.95. The van der Waals surface area contributed by atoms with Crippen molar-refractivity contribution >= 4 is 45.9 Å². The molecular formula is C31H30N6O3. The standard InChI is InChI=1S/C31H30N6O3/c32-30(40)22-10-5-9-21(15-22)24-18-34-26(11-4-8-19-6-2-1-3-7-19)29(39)23(24)16-28(38)35-17-20-12-13-25-27(14-20)37-31(33)36-25/h1-3,5-7,9-10,12-15,18,23H,4,8,11,16-17H2,(H2,32,40)(H,35,38)(H3,33,36,37). The number of rotatable bonds is 10. The third-order valence-corrected chi connectivity index (χ3v) is 6.98. The van der Waals surface area contributed by atoms with Crippen LogP contribution in [0.3, 0.4) is 0 Å². The Bertz CT molecular complexity index is 1640. The van der Waals surface area contributed by atoms with Gasteiger partial charge in [0, 0.05) is 24.7 Å². The molecule has 2 heterocycles. The highest BCUT2D eigenvalue weighted by molar-refractivity contribution is 6.43. The lowest BCUT2D eigenvalue weighted by Crippen LogP contribution is -2.33. The zero-order valence-corrected chi connectivity index (χ0v) is 21.9. The number of H-pyrrole nitrogens is 1. The van der Waals surface area contributed by atoms with E-state index in [1.165, 1.54) is 5.56 Å². The van der Waals surface area contributed by atoms with Crippen LogP contribution in [0.25, 0.3) is 16.6 Å². The number of imidazole rings is 1. The summed E-state index contributed by atoms with van der Waals surface area (Å²) in [5.41, 5.74) is 16.8. The van der Waals surface area contributed by atoms with Gasteiger partial charge in [-0.2, -0.15) is 0 Å². The Morgan fingerprint density at radius 3 is 2.58 bits per heavy atom. The smallest absolute Gasteiger partial charge is 0.248 e. The quantitative estimate of drug-likeness (QED) is 0.242. The average Bonchev–Trinajstić information content (AvgIpc) is 3.33. The summed E-state index contributed by atoms with van der Waals surface area (Å²) in [5.74, 6) is -1.43. The van der Waals surface area contributed by atoms with Gasteiger partial charge in [0.25, 0.3) is 0 Å². The fraction of sp³-hybridized carbons (Fsp3) is 0.194. The van der Waals surface area contributed by atoms with E-state index in [-0.39, 0.29) is 24.7 Å². The van der Waals surface area contributed by atoms with E-state index < -0.39 is 11.8 Å². The minimum absolute atomic E-state index is 0.0532. The molecule has 9 heteroatoms. The number of carbonyl (C=O) groups excluding carboxylic acids is 3. The lowest BCUT2D eigenvalue weighted by atomic mass is 9.82. The molecule has 0 spiro atoms. The van der Waals surface area contributed by atoms with Crippen molar-refractivity contribution in [1.29, 1.82) is 0 Å². The molecular weight excluding hydrogens is 504 g/mol. The van der Waals surface area contributed by atoms with Crippen molar-refractivity contribution in [3.05, 3.63) is 101 Å². The predicted molar refractivity (Wildman–Crippen MR) is 155 cm³/mol. The van der Waals surface area contributed by atoms with E-state index in [1.807, 2.05) is 36.4 Å². The number of nitrogens with one attached hydrogen (secondary N) is 2. The molecule has 1 aromatic heterocycles. The Labute approximate surface area is 231 Å². The van der Waals surface area contributed by atoms with Gasteiger partial charge < -0.3 is 21.8 Å². The minimum Gasteiger partial charge on any atom is -0.369 e. The molecule has 0 bridgehead atoms. The van der Waals surface area contributed by atoms with Crippen LogP contribution in [-0.2, 0) is 22.6 Å². The molecule has 40 heavy (non-hydrogen) atoms. The topological polar surface area (TPSA) is 156 Å². The molecule has 0 fully saturated rings. The van der Waals surface area contributed by atoms with Gasteiger partial charge in [-0.1, -0.05) is 48.5 Å². The van der Waals surface area contributed by atoms with Gasteiger partial charge in [-0.15, -0.1) is 0 Å². The number of Topliss-reactive ketones (excluding diaryl/α,β-unsaturated/α-hetero) is 1. The van der Waals surface area contributed by atoms with E-state index in [1.54, 1.807) is 30.5 Å². The average molecular weight is 535 g/mol. The number of benzene rings is 3. The SMILES string of the molecule is NC(=O)c1cccc(C2=CN=C(CCCc3ccccc3)C(=O)C2CC(=O)NCc2ccc3nc(N)[nH]c3c2)c1. The first-order chi connectivity index (χ1) is 19.4. The van der Waals surface area contributed by atoms with Crippen molar-refractivity contribution in [1.82, 2.24) is 15.3 Å². The van der Waals surface area contributed by atoms with Crippen LogP contribution in [0.15, 0.2) is 84.0 Å². The number of primary amides is 1. The second-order valence-corrected chi connectivity index (χ2v) is 9.82. The molecule has 6 N–H and O–H groups in total. The number of fused-ring (bicyclic) bond motifs is 1. The first kappa shape index (κ1) is 26.6. The summed E-state index contributed by atoms with van der Waals surface area (Å²) >= 11 is 0. The first-order valence-electron chi connectivity index (χ1n) is 13.1. The van der Waals surface area contributed by atoms with Gasteiger partial charge in [-0.25, -0.2) is 4.98 Å². The highest BCUT2D eigenvalue weighted by Gasteiger charge is 2.32. The summed E-state index contributed by atoms with van der Waals surface area (Å²) in [6, 6.07) is 22.4. The summed E-state index contributed by atoms with van der Waals surface area (Å²) in [7, 11) is 0. The number of aromatic amines is 1. The fourth-order valence-corrected chi connectivity index (χ4v) is 4.91. The molecule has 0 saturated carbocycles. The van der Waals surface area contributed by atoms with Gasteiger partial charge in [-0.3, -0.25) is 19.4 Å². The Kier molecular flexibility index (Phi) is 7.82. The summed E-state index contributed by atoms with van der Waals surface area (Å²) in [6.07, 6.45) is 3.68. The van der Waals surface area contributed by atoms with Crippen molar-refractivity contribution in [2.24, 2.45) is 16.6 Å². The third-order valence-electron chi connectivity index (χ3n) is 6.98. The molecule has 1 unspecified atom stereocenters. The summed E-state index contributed by atoms with van der Waals surface area (Å²) in [6.45, 7) is 0.281. The van der Waals surface area contributed by atoms with Gasteiger partial charge in [0.1, 0.15) is 0 Å². The molecule has 9 nitrogen and oxygen atoms in total. The van der Waals surface area contributed by atoms with E-state index in [4.69, 9.17) is 11.5 Å². The van der Waals surface area contributed by atoms with Gasteiger partial charge in [0.15, 0.2) is 11.7 Å². The number of nitrogens with zero attached hydrogens (tertiary/aromatic N) is 2. The Morgan fingerprint density at radius 1 is 0.950 bits per heavy atom. The number of hydrogen-bond donors (Lipinski definition) is 4. The van der Waals surface area contributed by atoms with Crippen molar-refractivity contribution in [2.45, 2.75) is 32.2 Å². The lowest BCUT2D eigenvalue weighted by molar-refractivity contribution is -0.125. The maximum absolute atomic E-state index is 13.7. The maximum Gasteiger partial charge on any atom is 0.248 e. The Hall–Kier alpha value is -5.05. The molecule has 1 atom stereocenters. The van der Waals surface area contributed by atoms with E-state index in [0.717, 1.165) is 29.4 Å². The fourth-order valence-electron chi connectivity index (χ4n) is 4.91. The number of ketones is 1. The highest BCUT2D eigenvalue weighted by atomic mass is 16.2. The molecule has 0 aliphatic carbocycles. The molecule has 3 aromatic carbocycles. The van der Waals surface area contributed by atoms with Gasteiger partial charge in [-0.05, 0) is 65.8 Å². The second kappa shape index (κ2) is 11.8. The Balaban J connectivity index is 1.32. The van der Waals surface area contributed by atoms with Crippen molar-refractivity contribution in [3.63, 3.8) is 0 Å². The third kappa shape index (κ3) is 6.15. The number of aliphatic imine (C=N–C) groups is 1. The minimum atomic E-state index is -0.734. The van der Waals surface area contributed by atoms with E-state index in [2.05, 4.69) is 32.4 Å². The molecule has 202 valence electrons. The number of aryl methyl sites for hydroxylation is 1. The van der Waals surface area contributed by atoms with Crippen LogP contribution in [0.2, 0.25) is 0 Å². The maximum atomic E-state index is 13.7. The summed E-state index contributed by atoms with van der Waals surface area (Å²) in [5, 5.41) is 2.92. The van der Waals surface area contributed by atoms with Gasteiger partial charge in [0.2, 0.25) is 11.8 Å². The number of aromatic nitrogens is 2. The summed E-state index contributed by atoms with van der Waals surface area (Å²) in [4.78, 5) is 50.2. The lowest BCUT2D eigenvalue weighted by Gasteiger charge is -2.23. The van der Waals surface area contributed by atoms with Crippen LogP contribution in [0.5, 0.6) is 0 Å². The monoisotopic (exact) mass is 534 g/mol. The molecule has 5 rings (SSSR count). The van der Waals surface area contributed by atoms with Gasteiger partial charge >= 0.3 is 0 Å². The van der Waals surface area contributed by atoms with Crippen molar-refractivity contribution < 1.29 is 14.4 Å². The van der Waals surface area contributed by atoms with Crippen LogP contribution < -0.4 is 16.8 Å². The molecule has 1 aliphatic rings. The zero-order valence-electron chi connectivity index (χ0n) is 21.9. The van der Waals surface area contributed by atoms with Crippen LogP contribution >= 0.6 is 0 Å². The summed E-state index contributed by atoms with van der Waals surface area (Å²) < 4.78 is 0. The van der Waals surface area contributed by atoms with Crippen molar-refractivity contribution in [2.75, 3.05) is 5.73 Å². The number of carbonyl (C=O) groups is 3. The number of anilines is 1. The normalized spacial score (nSPS) is 15.0. The van der Waals surface area contributed by atoms with Crippen LogP contribution in [0.1, 0.15) is 46.3 Å². The molecule has 2 amide bonds. The number of allylic oxidation sites excluding steroid dienone is 1. The first-order valence-corrected chi connectivity index (χ1v) is 13.1. The van der Waals surface area contributed by atoms with Gasteiger partial charge in [0.05, 0.1) is 22.7 Å². The zero-order chi connectivity index (χ0) is 28.1. The van der Waals surface area contributed by atoms with Crippen molar-refractivity contribution in [3.8, 4) is 0 Å². The molecule has 1 aliphatic heterocycles. The number of nitrogen functional groups attached to an aromatic ring is 1. The van der Waals surface area contributed by atoms with E-state index in [9.17, 15) is 14.4 Å². The number of nitrogens with two attached hydrogens (primary N) is 2. The molecule has 0 radical (unpaired) electrons. The molecule has 4 aromatic rings. The van der Waals surface area contributed by atoms with E-state index >= 15 is 0 Å². The number of hydrogen-bond acceptors (Lipinski definition) is 6. The Morgan fingerprint density at radius 2 is 1.77 bits per heavy atom. The largest absolute Gasteiger partial charge is 0.369 e. The number of amides is 2. The van der Waals surface area contributed by atoms with E-state index in [0.29, 0.717) is 34.8 Å². The second-order valence-electron chi connectivity index (χ2n) is 9.82. The molecule has 0 saturated heterocycles. The van der Waals surface area contributed by atoms with Crippen LogP contribution in [0.4, 0.5) is 5.95 Å². The highest BCUT2D eigenvalue weighted by Crippen LogP contribution is 2.32. The van der Waals surface area contributed by atoms with Crippen LogP contribution in [0, 0.1) is 5.92 Å². The van der Waals surface area contributed by atoms with Crippen LogP contribution in [-0.4, -0.2) is 33.3 Å².